The Labute approximate surface area is 84.0 Å². The molecule has 0 aromatic heterocycles. The Kier molecular flexibility index (Phi) is 3.43. The summed E-state index contributed by atoms with van der Waals surface area (Å²) >= 11 is 0. The van der Waals surface area contributed by atoms with Gasteiger partial charge >= 0.3 is 6.18 Å². The maximum Gasteiger partial charge on any atom is 0.416 e. The molecule has 0 aliphatic rings. The van der Waals surface area contributed by atoms with E-state index >= 15 is 0 Å². The first-order chi connectivity index (χ1) is 6.95. The second-order valence-corrected chi connectivity index (χ2v) is 2.88. The highest BCUT2D eigenvalue weighted by Crippen LogP contribution is 2.29. The molecule has 0 fully saturated rings. The fraction of sp³-hybridized carbons (Fsp3) is 0.222. The minimum Gasteiger partial charge on any atom is -0.293 e. The number of benzene rings is 1. The number of halogens is 3. The normalized spacial score (nSPS) is 11.5. The van der Waals surface area contributed by atoms with Gasteiger partial charge < -0.3 is 0 Å². The Morgan fingerprint density at radius 3 is 2.60 bits per heavy atom. The first kappa shape index (κ1) is 11.7. The average Bonchev–Trinajstić information content (AvgIpc) is 2.17. The Bertz CT molecular complexity index is 363. The van der Waals surface area contributed by atoms with Crippen molar-refractivity contribution in [3.63, 3.8) is 0 Å². The number of alkyl halides is 3. The van der Waals surface area contributed by atoms with Gasteiger partial charge in [0, 0.05) is 5.56 Å². The van der Waals surface area contributed by atoms with Gasteiger partial charge in [0.15, 0.2) is 5.78 Å². The van der Waals surface area contributed by atoms with Crippen molar-refractivity contribution in [3.05, 3.63) is 35.4 Å². The smallest absolute Gasteiger partial charge is 0.293 e. The van der Waals surface area contributed by atoms with Gasteiger partial charge in [0.2, 0.25) is 0 Å². The Balaban J connectivity index is 2.98. The minimum absolute atomic E-state index is 0.0113. The molecule has 82 valence electrons. The third kappa shape index (κ3) is 3.03. The van der Waals surface area contributed by atoms with Gasteiger partial charge in [0.25, 0.3) is 0 Å². The molecule has 15 heavy (non-hydrogen) atoms. The Hall–Kier alpha value is -1.40. The molecule has 1 aromatic rings. The number of hydrazine groups is 1. The predicted molar refractivity (Wildman–Crippen MR) is 48.0 cm³/mol. The number of nitrogens with one attached hydrogen (secondary N) is 1. The van der Waals surface area contributed by atoms with Crippen molar-refractivity contribution in [2.45, 2.75) is 6.18 Å². The molecule has 0 saturated heterocycles. The topological polar surface area (TPSA) is 55.1 Å². The van der Waals surface area contributed by atoms with Crippen LogP contribution in [0, 0.1) is 0 Å². The summed E-state index contributed by atoms with van der Waals surface area (Å²) in [5.74, 6) is 4.41. The number of Topliss-reactive ketones (excluding diaryl/α,β-unsaturated/α-hetero) is 1. The van der Waals surface area contributed by atoms with E-state index in [1.807, 2.05) is 0 Å². The highest BCUT2D eigenvalue weighted by molar-refractivity contribution is 5.97. The van der Waals surface area contributed by atoms with Crippen LogP contribution in [0.4, 0.5) is 13.2 Å². The van der Waals surface area contributed by atoms with Crippen LogP contribution in [0.2, 0.25) is 0 Å². The van der Waals surface area contributed by atoms with Gasteiger partial charge in [-0.25, -0.2) is 0 Å². The van der Waals surface area contributed by atoms with Crippen molar-refractivity contribution < 1.29 is 18.0 Å². The zero-order valence-electron chi connectivity index (χ0n) is 7.64. The van der Waals surface area contributed by atoms with Gasteiger partial charge in [0.1, 0.15) is 0 Å². The summed E-state index contributed by atoms with van der Waals surface area (Å²) in [6.45, 7) is -0.193. The van der Waals surface area contributed by atoms with Crippen LogP contribution in [0.1, 0.15) is 15.9 Å². The molecular formula is C9H9F3N2O. The van der Waals surface area contributed by atoms with E-state index in [9.17, 15) is 18.0 Å². The minimum atomic E-state index is -4.44. The molecule has 0 saturated carbocycles. The number of hydrogen-bond acceptors (Lipinski definition) is 3. The van der Waals surface area contributed by atoms with E-state index in [0.29, 0.717) is 0 Å². The quantitative estimate of drug-likeness (QED) is 0.457. The molecule has 0 aliphatic heterocycles. The number of carbonyl (C=O) groups excluding carboxylic acids is 1. The maximum atomic E-state index is 12.3. The van der Waals surface area contributed by atoms with Crippen LogP contribution in [-0.4, -0.2) is 12.3 Å². The molecule has 0 aliphatic carbocycles. The van der Waals surface area contributed by atoms with Crippen LogP contribution in [0.25, 0.3) is 0 Å². The van der Waals surface area contributed by atoms with E-state index in [1.54, 1.807) is 0 Å². The van der Waals surface area contributed by atoms with Crippen molar-refractivity contribution in [2.75, 3.05) is 6.54 Å². The summed E-state index contributed by atoms with van der Waals surface area (Å²) in [7, 11) is 0. The number of hydrogen-bond donors (Lipinski definition) is 2. The molecule has 1 aromatic carbocycles. The van der Waals surface area contributed by atoms with Crippen molar-refractivity contribution in [3.8, 4) is 0 Å². The molecule has 0 amide bonds. The molecule has 3 N–H and O–H groups in total. The molecule has 3 nitrogen and oxygen atoms in total. The summed E-state index contributed by atoms with van der Waals surface area (Å²) in [4.78, 5) is 11.2. The lowest BCUT2D eigenvalue weighted by Crippen LogP contribution is -2.29. The molecule has 0 heterocycles. The maximum absolute atomic E-state index is 12.3. The molecule has 0 atom stereocenters. The van der Waals surface area contributed by atoms with E-state index in [1.165, 1.54) is 12.1 Å². The zero-order valence-corrected chi connectivity index (χ0v) is 7.64. The van der Waals surface area contributed by atoms with Crippen LogP contribution in [-0.2, 0) is 6.18 Å². The molecule has 6 heteroatoms. The Morgan fingerprint density at radius 2 is 2.07 bits per heavy atom. The zero-order chi connectivity index (χ0) is 11.5. The number of nitrogens with two attached hydrogens (primary N) is 1. The van der Waals surface area contributed by atoms with Gasteiger partial charge in [-0.05, 0) is 12.1 Å². The van der Waals surface area contributed by atoms with Crippen LogP contribution < -0.4 is 11.3 Å². The first-order valence-electron chi connectivity index (χ1n) is 4.09. The lowest BCUT2D eigenvalue weighted by Gasteiger charge is -2.07. The monoisotopic (exact) mass is 218 g/mol. The van der Waals surface area contributed by atoms with Crippen molar-refractivity contribution in [2.24, 2.45) is 5.84 Å². The van der Waals surface area contributed by atoms with E-state index in [-0.39, 0.29) is 12.1 Å². The third-order valence-electron chi connectivity index (χ3n) is 1.77. The average molecular weight is 218 g/mol. The number of carbonyl (C=O) groups is 1. The fourth-order valence-electron chi connectivity index (χ4n) is 1.06. The summed E-state index contributed by atoms with van der Waals surface area (Å²) in [6, 6.07) is 4.22. The second kappa shape index (κ2) is 4.41. The predicted octanol–water partition coefficient (Wildman–Crippen LogP) is 1.35. The summed E-state index contributed by atoms with van der Waals surface area (Å²) < 4.78 is 36.8. The largest absolute Gasteiger partial charge is 0.416 e. The van der Waals surface area contributed by atoms with Gasteiger partial charge in [-0.15, -0.1) is 0 Å². The summed E-state index contributed by atoms with van der Waals surface area (Å²) in [5, 5.41) is 0. The van der Waals surface area contributed by atoms with Crippen LogP contribution in [0.3, 0.4) is 0 Å². The lowest BCUT2D eigenvalue weighted by molar-refractivity contribution is -0.137. The van der Waals surface area contributed by atoms with E-state index < -0.39 is 17.5 Å². The van der Waals surface area contributed by atoms with Crippen molar-refractivity contribution in [1.82, 2.24) is 5.43 Å². The van der Waals surface area contributed by atoms with Crippen LogP contribution >= 0.6 is 0 Å². The van der Waals surface area contributed by atoms with Crippen LogP contribution in [0.15, 0.2) is 24.3 Å². The third-order valence-corrected chi connectivity index (χ3v) is 1.77. The highest BCUT2D eigenvalue weighted by atomic mass is 19.4. The van der Waals surface area contributed by atoms with Crippen molar-refractivity contribution >= 4 is 5.78 Å². The van der Waals surface area contributed by atoms with E-state index in [2.05, 4.69) is 5.43 Å². The number of rotatable bonds is 3. The Morgan fingerprint density at radius 1 is 1.40 bits per heavy atom. The molecule has 0 radical (unpaired) electrons. The molecule has 1 rings (SSSR count). The van der Waals surface area contributed by atoms with Gasteiger partial charge in [-0.3, -0.25) is 16.1 Å². The summed E-state index contributed by atoms with van der Waals surface area (Å²) in [6.07, 6.45) is -4.44. The van der Waals surface area contributed by atoms with Crippen molar-refractivity contribution in [1.29, 1.82) is 0 Å². The fourth-order valence-corrected chi connectivity index (χ4v) is 1.06. The van der Waals surface area contributed by atoms with E-state index in [0.717, 1.165) is 12.1 Å². The van der Waals surface area contributed by atoms with Gasteiger partial charge in [0.05, 0.1) is 12.1 Å². The second-order valence-electron chi connectivity index (χ2n) is 2.88. The van der Waals surface area contributed by atoms with Gasteiger partial charge in [-0.1, -0.05) is 12.1 Å². The lowest BCUT2D eigenvalue weighted by atomic mass is 10.1. The standard InChI is InChI=1S/C9H9F3N2O/c10-9(11,12)7-3-1-2-6(4-7)8(15)5-14-13/h1-4,14H,5,13H2. The molecular weight excluding hydrogens is 209 g/mol. The first-order valence-corrected chi connectivity index (χ1v) is 4.09. The van der Waals surface area contributed by atoms with Crippen LogP contribution in [0.5, 0.6) is 0 Å². The molecule has 0 spiro atoms. The van der Waals surface area contributed by atoms with Gasteiger partial charge in [-0.2, -0.15) is 13.2 Å². The summed E-state index contributed by atoms with van der Waals surface area (Å²) in [5.41, 5.74) is 1.24. The number of ketones is 1. The molecule has 0 bridgehead atoms. The SMILES string of the molecule is NNCC(=O)c1cccc(C(F)(F)F)c1. The van der Waals surface area contributed by atoms with E-state index in [4.69, 9.17) is 5.84 Å². The highest BCUT2D eigenvalue weighted by Gasteiger charge is 2.30. The molecule has 0 unspecified atom stereocenters.